The molecule has 124 heavy (non-hydrogen) atoms. The minimum absolute atomic E-state index is 0. The molecule has 6 aromatic heterocycles. The van der Waals surface area contributed by atoms with Crippen LogP contribution < -0.4 is 49.1 Å². The second kappa shape index (κ2) is 56.2. The molecule has 0 aliphatic carbocycles. The molecule has 10 aromatic carbocycles. The molecule has 0 saturated carbocycles. The summed E-state index contributed by atoms with van der Waals surface area (Å²) in [5.74, 6) is 3.27. The van der Waals surface area contributed by atoms with Crippen LogP contribution in [0.1, 0.15) is 126 Å². The number of ether oxygens (including phenoxy) is 3. The van der Waals surface area contributed by atoms with Gasteiger partial charge >= 0.3 is 29.6 Å². The SMILES string of the molecule is CC(=O)c1cccs1.CN(CCC(=O)c1cccs1)Cc1ccccc1.CN(CCC(O)c1cccs1)Cc1ccccc1.CN(CCC(Oc1cccc2ccccc12)c1cccs1)Cc1ccccc1.CN(CC[C@H](Oc1cccc2ccccc12)c1cccs1)Cc1ccccc1.CNCC[C@H](Oc1cccc2ccccc12)c1cccs1.Cl.[B].[H-].[Na+]. The predicted octanol–water partition coefficient (Wildman–Crippen LogP) is 23.6. The van der Waals surface area contributed by atoms with Crippen LogP contribution >= 0.6 is 80.4 Å². The van der Waals surface area contributed by atoms with Crippen molar-refractivity contribution in [3.63, 3.8) is 0 Å². The van der Waals surface area contributed by atoms with Crippen molar-refractivity contribution < 1.29 is 59.9 Å². The van der Waals surface area contributed by atoms with E-state index >= 15 is 0 Å². The van der Waals surface area contributed by atoms with E-state index in [4.69, 9.17) is 14.2 Å². The van der Waals surface area contributed by atoms with E-state index in [1.807, 2.05) is 83.9 Å². The summed E-state index contributed by atoms with van der Waals surface area (Å²) in [6, 6.07) is 110. The molecule has 0 spiro atoms. The summed E-state index contributed by atoms with van der Waals surface area (Å²) in [5, 5.41) is 32.6. The van der Waals surface area contributed by atoms with E-state index in [1.54, 1.807) is 52.3 Å². The Morgan fingerprint density at radius 1 is 0.347 bits per heavy atom. The number of aliphatic hydroxyl groups is 1. The Morgan fingerprint density at radius 3 is 0.952 bits per heavy atom. The average Bonchev–Trinajstić information content (AvgIpc) is 1.82. The third-order valence-electron chi connectivity index (χ3n) is 20.1. The van der Waals surface area contributed by atoms with Gasteiger partial charge in [-0.05, 0) is 180 Å². The van der Waals surface area contributed by atoms with Crippen LogP contribution in [0.2, 0.25) is 0 Å². The van der Waals surface area contributed by atoms with Crippen molar-refractivity contribution in [3.8, 4) is 17.2 Å². The van der Waals surface area contributed by atoms with Crippen molar-refractivity contribution in [1.82, 2.24) is 24.9 Å². The molecule has 0 saturated heterocycles. The maximum absolute atomic E-state index is 11.8. The number of benzene rings is 10. The molecular formula is C104H113BClN5NaO6S6. The number of hydrogen-bond donors (Lipinski definition) is 2. The maximum Gasteiger partial charge on any atom is 1.00 e. The first-order valence-electron chi connectivity index (χ1n) is 41.2. The van der Waals surface area contributed by atoms with Crippen LogP contribution in [-0.4, -0.2) is 113 Å². The number of nitrogens with zero attached hydrogens (tertiary/aromatic N) is 4. The second-order valence-corrected chi connectivity index (χ2v) is 35.5. The predicted molar refractivity (Wildman–Crippen MR) is 529 cm³/mol. The Bertz CT molecular complexity index is 5320. The van der Waals surface area contributed by atoms with Gasteiger partial charge in [-0.3, -0.25) is 9.59 Å². The van der Waals surface area contributed by atoms with E-state index in [-0.39, 0.29) is 87.8 Å². The van der Waals surface area contributed by atoms with Gasteiger partial charge in [0.05, 0.1) is 15.9 Å². The molecular weight excluding hydrogens is 1680 g/mol. The Morgan fingerprint density at radius 2 is 0.637 bits per heavy atom. The molecule has 2 N–H and O–H groups in total. The maximum atomic E-state index is 11.8. The number of Topliss-reactive ketones (excluding diaryl/α,β-unsaturated/α-hetero) is 2. The van der Waals surface area contributed by atoms with Crippen LogP contribution in [0.3, 0.4) is 0 Å². The number of nitrogens with one attached hydrogen (secondary N) is 1. The normalized spacial score (nSPS) is 11.7. The standard InChI is InChI=1S/2C25H25NOS.C18H19NOS.C15H19NOS.C15H17NOS.C6H6OS.B.ClH.Na.H/c2*1-26(19-20-9-3-2-4-10-20)17-16-24(25-15-8-18-28-25)27-23-14-7-12-21-11-5-6-13-22(21)23;1-19-12-11-17(18-10-5-13-21-18)20-16-9-4-7-14-6-2-3-8-15(14)16;2*1-16(12-13-6-3-2-4-7-13)10-9-14(17)15-8-5-11-18-15;1-5(7)6-3-2-4-8-6;;;;/h2*2-15,18,24H,16-17,19H2,1H3;2-10,13,17,19H,11-12H2,1H3;2-8,11,14,17H,9-10,12H2,1H3;2-8,11H,9-10,12H2,1H3;2-4H,1H3;;1H;;/q;;;;;;;;+1;-1/t24-;;17-;;;;;;;/m0.0......./s1. The number of carbonyl (C=O) groups is 2. The summed E-state index contributed by atoms with van der Waals surface area (Å²) in [4.78, 5) is 38.1. The summed E-state index contributed by atoms with van der Waals surface area (Å²) in [5.41, 5.74) is 5.27. The molecule has 11 nitrogen and oxygen atoms in total. The fourth-order valence-corrected chi connectivity index (χ4v) is 18.1. The number of halogens is 1. The number of aliphatic hydroxyl groups excluding tert-OH is 1. The van der Waals surface area contributed by atoms with E-state index in [0.29, 0.717) is 6.42 Å². The van der Waals surface area contributed by atoms with Crippen molar-refractivity contribution in [2.75, 3.05) is 68.0 Å². The molecule has 2 unspecified atom stereocenters. The van der Waals surface area contributed by atoms with Gasteiger partial charge in [0.25, 0.3) is 0 Å². The van der Waals surface area contributed by atoms with Crippen LogP contribution in [0.25, 0.3) is 32.3 Å². The van der Waals surface area contributed by atoms with Crippen molar-refractivity contribution in [1.29, 1.82) is 0 Å². The Labute approximate surface area is 790 Å². The number of hydrogen-bond acceptors (Lipinski definition) is 17. The van der Waals surface area contributed by atoms with Gasteiger partial charge in [-0.2, -0.15) is 0 Å². The molecule has 0 amide bonds. The van der Waals surface area contributed by atoms with Crippen LogP contribution in [0.4, 0.5) is 0 Å². The second-order valence-electron chi connectivity index (χ2n) is 29.7. The summed E-state index contributed by atoms with van der Waals surface area (Å²) >= 11 is 9.91. The molecule has 20 heteroatoms. The molecule has 4 atom stereocenters. The van der Waals surface area contributed by atoms with E-state index in [9.17, 15) is 14.7 Å². The van der Waals surface area contributed by atoms with Crippen LogP contribution in [0.5, 0.6) is 17.2 Å². The molecule has 6 heterocycles. The first-order chi connectivity index (χ1) is 59.3. The molecule has 0 aliphatic rings. The van der Waals surface area contributed by atoms with Crippen molar-refractivity contribution in [3.05, 3.63) is 405 Å². The summed E-state index contributed by atoms with van der Waals surface area (Å²) < 4.78 is 19.5. The zero-order chi connectivity index (χ0) is 84.4. The molecule has 3 radical (unpaired) electrons. The minimum atomic E-state index is -0.330. The zero-order valence-corrected chi connectivity index (χ0v) is 79.7. The monoisotopic (exact) mass is 1790 g/mol. The first kappa shape index (κ1) is 100. The third kappa shape index (κ3) is 34.1. The number of rotatable bonds is 35. The van der Waals surface area contributed by atoms with Crippen LogP contribution in [0.15, 0.2) is 354 Å². The average molecular weight is 1790 g/mol. The largest absolute Gasteiger partial charge is 1.00 e. The van der Waals surface area contributed by atoms with Gasteiger partial charge in [0.15, 0.2) is 11.6 Å². The van der Waals surface area contributed by atoms with Gasteiger partial charge in [-0.1, -0.05) is 267 Å². The van der Waals surface area contributed by atoms with Gasteiger partial charge in [0.2, 0.25) is 0 Å². The molecule has 0 fully saturated rings. The fraction of sp³-hybridized carbons (Fsp3) is 0.231. The minimum Gasteiger partial charge on any atom is -1.00 e. The number of thiophene rings is 6. The zero-order valence-electron chi connectivity index (χ0n) is 73.0. The Hall–Kier alpha value is -8.97. The Balaban J connectivity index is 0.000000210. The molecule has 0 bridgehead atoms. The van der Waals surface area contributed by atoms with Gasteiger partial charge in [0, 0.05) is 122 Å². The smallest absolute Gasteiger partial charge is 1.00 e. The van der Waals surface area contributed by atoms with E-state index in [0.717, 1.165) is 116 Å². The molecule has 637 valence electrons. The van der Waals surface area contributed by atoms with Crippen molar-refractivity contribution in [2.45, 2.75) is 89.6 Å². The summed E-state index contributed by atoms with van der Waals surface area (Å²) in [6.45, 7) is 9.87. The van der Waals surface area contributed by atoms with Gasteiger partial charge in [0.1, 0.15) is 35.6 Å². The number of fused-ring (bicyclic) bond motifs is 3. The fourth-order valence-electron chi connectivity index (χ4n) is 13.7. The van der Waals surface area contributed by atoms with E-state index in [1.165, 1.54) is 91.9 Å². The van der Waals surface area contributed by atoms with Crippen molar-refractivity contribution in [2.24, 2.45) is 0 Å². The van der Waals surface area contributed by atoms with Gasteiger partial charge in [-0.25, -0.2) is 0 Å². The molecule has 16 rings (SSSR count). The number of carbonyl (C=O) groups excluding carboxylic acids is 2. The quantitative estimate of drug-likeness (QED) is 0.0293. The van der Waals surface area contributed by atoms with Crippen LogP contribution in [-0.2, 0) is 26.2 Å². The van der Waals surface area contributed by atoms with Crippen molar-refractivity contribution >= 4 is 133 Å². The Kier molecular flexibility index (Phi) is 45.5. The van der Waals surface area contributed by atoms with Gasteiger partial charge < -0.3 is 45.7 Å². The molecule has 16 aromatic rings. The van der Waals surface area contributed by atoms with Gasteiger partial charge in [-0.15, -0.1) is 80.4 Å². The topological polar surface area (TPSA) is 107 Å². The third-order valence-corrected chi connectivity index (χ3v) is 25.8. The van der Waals surface area contributed by atoms with E-state index in [2.05, 4.69) is 330 Å². The molecule has 0 aliphatic heterocycles. The number of ketones is 2. The van der Waals surface area contributed by atoms with E-state index < -0.39 is 0 Å². The first-order valence-corrected chi connectivity index (χ1v) is 46.5. The summed E-state index contributed by atoms with van der Waals surface area (Å²) in [7, 11) is 10.5. The summed E-state index contributed by atoms with van der Waals surface area (Å²) in [6.07, 6.45) is 4.12. The van der Waals surface area contributed by atoms with Crippen LogP contribution in [0, 0.1) is 0 Å².